The summed E-state index contributed by atoms with van der Waals surface area (Å²) in [7, 11) is -3.88. The quantitative estimate of drug-likeness (QED) is 0.507. The van der Waals surface area contributed by atoms with Crippen molar-refractivity contribution in [2.75, 3.05) is 0 Å². The topological polar surface area (TPSA) is 49.7 Å². The van der Waals surface area contributed by atoms with E-state index in [2.05, 4.69) is 21.0 Å². The third kappa shape index (κ3) is 3.84. The zero-order valence-corrected chi connectivity index (χ0v) is 18.0. The van der Waals surface area contributed by atoms with E-state index >= 15 is 0 Å². The van der Waals surface area contributed by atoms with Crippen molar-refractivity contribution < 1.29 is 12.8 Å². The van der Waals surface area contributed by atoms with Gasteiger partial charge in [0.1, 0.15) is 5.82 Å². The van der Waals surface area contributed by atoms with Gasteiger partial charge in [0.15, 0.2) is 0 Å². The summed E-state index contributed by atoms with van der Waals surface area (Å²) in [6, 6.07) is 19.8. The fraction of sp³-hybridized carbons (Fsp3) is 0.136. The minimum atomic E-state index is -3.88. The molecule has 0 aromatic heterocycles. The van der Waals surface area contributed by atoms with E-state index in [1.165, 1.54) is 16.5 Å². The summed E-state index contributed by atoms with van der Waals surface area (Å²) >= 11 is 3.41. The minimum absolute atomic E-state index is 0.216. The number of nitrogens with zero attached hydrogens (tertiary/aromatic N) is 2. The molecule has 0 amide bonds. The Kier molecular flexibility index (Phi) is 5.27. The molecule has 0 radical (unpaired) electrons. The molecule has 3 aromatic carbocycles. The first-order chi connectivity index (χ1) is 13.9. The fourth-order valence-electron chi connectivity index (χ4n) is 3.41. The van der Waals surface area contributed by atoms with Crippen LogP contribution in [0.4, 0.5) is 4.39 Å². The molecular formula is C22H18BrFN2O2S. The molecule has 1 heterocycles. The molecule has 0 unspecified atom stereocenters. The second kappa shape index (κ2) is 7.72. The Bertz CT molecular complexity index is 1180. The van der Waals surface area contributed by atoms with Crippen LogP contribution in [0.5, 0.6) is 0 Å². The van der Waals surface area contributed by atoms with Crippen LogP contribution in [-0.2, 0) is 10.0 Å². The van der Waals surface area contributed by atoms with E-state index in [9.17, 15) is 12.8 Å². The monoisotopic (exact) mass is 472 g/mol. The molecule has 0 aliphatic carbocycles. The summed E-state index contributed by atoms with van der Waals surface area (Å²) in [6.45, 7) is 1.76. The molecule has 148 valence electrons. The highest BCUT2D eigenvalue weighted by Gasteiger charge is 2.38. The van der Waals surface area contributed by atoms with Crippen LogP contribution in [0.2, 0.25) is 0 Å². The summed E-state index contributed by atoms with van der Waals surface area (Å²) in [5.41, 5.74) is 2.86. The van der Waals surface area contributed by atoms with Crippen molar-refractivity contribution in [2.24, 2.45) is 5.10 Å². The smallest absolute Gasteiger partial charge is 0.207 e. The zero-order valence-electron chi connectivity index (χ0n) is 15.6. The molecule has 1 atom stereocenters. The molecule has 3 aromatic rings. The lowest BCUT2D eigenvalue weighted by Crippen LogP contribution is -2.28. The summed E-state index contributed by atoms with van der Waals surface area (Å²) in [5, 5.41) is 4.51. The van der Waals surface area contributed by atoms with E-state index in [0.29, 0.717) is 23.3 Å². The summed E-state index contributed by atoms with van der Waals surface area (Å²) in [4.78, 5) is 0.216. The van der Waals surface area contributed by atoms with E-state index in [1.807, 2.05) is 24.3 Å². The maximum Gasteiger partial charge on any atom is 0.279 e. The summed E-state index contributed by atoms with van der Waals surface area (Å²) in [5.74, 6) is -0.367. The van der Waals surface area contributed by atoms with Gasteiger partial charge in [-0.15, -0.1) is 0 Å². The fourth-order valence-corrected chi connectivity index (χ4v) is 5.34. The van der Waals surface area contributed by atoms with Gasteiger partial charge >= 0.3 is 0 Å². The molecule has 4 rings (SSSR count). The largest absolute Gasteiger partial charge is 0.279 e. The van der Waals surface area contributed by atoms with E-state index in [4.69, 9.17) is 0 Å². The zero-order chi connectivity index (χ0) is 20.6. The summed E-state index contributed by atoms with van der Waals surface area (Å²) < 4.78 is 42.5. The van der Waals surface area contributed by atoms with Crippen molar-refractivity contribution in [2.45, 2.75) is 24.3 Å². The lowest BCUT2D eigenvalue weighted by atomic mass is 9.99. The number of hydrazone groups is 1. The van der Waals surface area contributed by atoms with Gasteiger partial charge in [0, 0.05) is 10.9 Å². The predicted molar refractivity (Wildman–Crippen MR) is 115 cm³/mol. The van der Waals surface area contributed by atoms with Crippen LogP contribution in [0.1, 0.15) is 29.2 Å². The Hall–Kier alpha value is -2.51. The average molecular weight is 473 g/mol. The van der Waals surface area contributed by atoms with Gasteiger partial charge in [-0.05, 0) is 53.9 Å². The lowest BCUT2D eigenvalue weighted by molar-refractivity contribution is 0.371. The van der Waals surface area contributed by atoms with Gasteiger partial charge in [0.25, 0.3) is 10.0 Å². The number of rotatable bonds is 4. The molecule has 1 aliphatic heterocycles. The Morgan fingerprint density at radius 1 is 1.00 bits per heavy atom. The minimum Gasteiger partial charge on any atom is -0.207 e. The number of benzene rings is 3. The number of hydrogen-bond donors (Lipinski definition) is 0. The molecule has 0 spiro atoms. The SMILES string of the molecule is Cc1ccccc1S(=O)(=O)N1N=C(c2ccc(Br)cc2)C[C@@H]1c1ccc(F)cc1. The number of halogens is 2. The maximum absolute atomic E-state index is 13.5. The molecule has 0 saturated carbocycles. The van der Waals surface area contributed by atoms with E-state index < -0.39 is 16.1 Å². The summed E-state index contributed by atoms with van der Waals surface area (Å²) in [6.07, 6.45) is 0.401. The highest BCUT2D eigenvalue weighted by molar-refractivity contribution is 9.10. The number of sulfonamides is 1. The Labute approximate surface area is 177 Å². The third-order valence-corrected chi connectivity index (χ3v) is 7.29. The molecular weight excluding hydrogens is 455 g/mol. The molecule has 0 fully saturated rings. The van der Waals surface area contributed by atoms with Gasteiger partial charge in [-0.25, -0.2) is 4.39 Å². The van der Waals surface area contributed by atoms with Gasteiger partial charge in [-0.2, -0.15) is 17.9 Å². The molecule has 29 heavy (non-hydrogen) atoms. The van der Waals surface area contributed by atoms with Crippen LogP contribution in [0.3, 0.4) is 0 Å². The van der Waals surface area contributed by atoms with Crippen molar-refractivity contribution in [3.8, 4) is 0 Å². The highest BCUT2D eigenvalue weighted by atomic mass is 79.9. The maximum atomic E-state index is 13.5. The second-order valence-corrected chi connectivity index (χ2v) is 9.55. The van der Waals surface area contributed by atoms with Gasteiger partial charge < -0.3 is 0 Å². The van der Waals surface area contributed by atoms with Crippen LogP contribution in [0.15, 0.2) is 87.3 Å². The molecule has 0 bridgehead atoms. The van der Waals surface area contributed by atoms with E-state index in [0.717, 1.165) is 10.0 Å². The first kappa shape index (κ1) is 19.8. The van der Waals surface area contributed by atoms with Gasteiger partial charge in [0.05, 0.1) is 16.6 Å². The van der Waals surface area contributed by atoms with Crippen LogP contribution < -0.4 is 0 Å². The van der Waals surface area contributed by atoms with Crippen LogP contribution in [0, 0.1) is 12.7 Å². The van der Waals surface area contributed by atoms with Gasteiger partial charge in [-0.3, -0.25) is 0 Å². The first-order valence-electron chi connectivity index (χ1n) is 9.05. The van der Waals surface area contributed by atoms with Gasteiger partial charge in [-0.1, -0.05) is 58.4 Å². The predicted octanol–water partition coefficient (Wildman–Crippen LogP) is 5.44. The standard InChI is InChI=1S/C22H18BrFN2O2S/c1-15-4-2-3-5-22(15)29(27,28)26-21(17-8-12-19(24)13-9-17)14-20(25-26)16-6-10-18(23)11-7-16/h2-13,21H,14H2,1H3/t21-/m1/s1. The molecule has 0 N–H and O–H groups in total. The molecule has 7 heteroatoms. The first-order valence-corrected chi connectivity index (χ1v) is 11.3. The van der Waals surface area contributed by atoms with Crippen LogP contribution in [-0.4, -0.2) is 18.5 Å². The van der Waals surface area contributed by atoms with Crippen LogP contribution in [0.25, 0.3) is 0 Å². The molecule has 4 nitrogen and oxygen atoms in total. The normalized spacial score (nSPS) is 16.7. The van der Waals surface area contributed by atoms with E-state index in [-0.39, 0.29) is 10.7 Å². The second-order valence-electron chi connectivity index (χ2n) is 6.87. The van der Waals surface area contributed by atoms with Crippen molar-refractivity contribution in [1.82, 2.24) is 4.41 Å². The Morgan fingerprint density at radius 2 is 1.66 bits per heavy atom. The van der Waals surface area contributed by atoms with Crippen molar-refractivity contribution in [3.63, 3.8) is 0 Å². The van der Waals surface area contributed by atoms with Crippen molar-refractivity contribution >= 4 is 31.7 Å². The van der Waals surface area contributed by atoms with Crippen LogP contribution >= 0.6 is 15.9 Å². The van der Waals surface area contributed by atoms with Gasteiger partial charge in [0.2, 0.25) is 0 Å². The van der Waals surface area contributed by atoms with Crippen molar-refractivity contribution in [3.05, 3.63) is 99.8 Å². The van der Waals surface area contributed by atoms with E-state index in [1.54, 1.807) is 43.3 Å². The highest BCUT2D eigenvalue weighted by Crippen LogP contribution is 2.37. The lowest BCUT2D eigenvalue weighted by Gasteiger charge is -2.24. The average Bonchev–Trinajstić information content (AvgIpc) is 3.15. The Balaban J connectivity index is 1.82. The number of hydrogen-bond acceptors (Lipinski definition) is 3. The molecule has 0 saturated heterocycles. The number of aryl methyl sites for hydroxylation is 1. The van der Waals surface area contributed by atoms with Crippen molar-refractivity contribution in [1.29, 1.82) is 0 Å². The Morgan fingerprint density at radius 3 is 2.31 bits per heavy atom. The molecule has 1 aliphatic rings. The third-order valence-electron chi connectivity index (χ3n) is 4.92.